The zero-order valence-electron chi connectivity index (χ0n) is 21.6. The van der Waals surface area contributed by atoms with Gasteiger partial charge < -0.3 is 15.3 Å². The summed E-state index contributed by atoms with van der Waals surface area (Å²) in [5.74, 6) is -0.110. The molecule has 2 N–H and O–H groups in total. The van der Waals surface area contributed by atoms with E-state index in [0.29, 0.717) is 53.9 Å². The average Bonchev–Trinajstić information content (AvgIpc) is 2.92. The minimum absolute atomic E-state index is 0.0353. The van der Waals surface area contributed by atoms with Crippen LogP contribution >= 0.6 is 23.2 Å². The summed E-state index contributed by atoms with van der Waals surface area (Å²) in [6.07, 6.45) is 0.875. The Bertz CT molecular complexity index is 1300. The van der Waals surface area contributed by atoms with Gasteiger partial charge in [-0.2, -0.15) is 5.26 Å². The minimum Gasteiger partial charge on any atom is -0.384 e. The lowest BCUT2D eigenvalue weighted by atomic mass is 9.93. The molecule has 3 aromatic carbocycles. The number of hydrogen-bond acceptors (Lipinski definition) is 5. The van der Waals surface area contributed by atoms with E-state index in [1.807, 2.05) is 49.4 Å². The van der Waals surface area contributed by atoms with Crippen LogP contribution in [0.3, 0.4) is 0 Å². The zero-order chi connectivity index (χ0) is 27.3. The molecular formula is C30H32Cl2N4O2. The molecule has 3 aromatic rings. The molecule has 8 heteroatoms. The first-order valence-electron chi connectivity index (χ1n) is 12.8. The lowest BCUT2D eigenvalue weighted by Gasteiger charge is -2.45. The maximum Gasteiger partial charge on any atom is 0.251 e. The molecule has 2 atom stereocenters. The predicted octanol–water partition coefficient (Wildman–Crippen LogP) is 5.78. The third kappa shape index (κ3) is 6.48. The van der Waals surface area contributed by atoms with Crippen LogP contribution in [0.15, 0.2) is 66.7 Å². The first-order chi connectivity index (χ1) is 18.2. The fourth-order valence-corrected chi connectivity index (χ4v) is 5.31. The molecule has 1 heterocycles. The second-order valence-electron chi connectivity index (χ2n) is 9.88. The predicted molar refractivity (Wildman–Crippen MR) is 153 cm³/mol. The Morgan fingerprint density at radius 3 is 2.45 bits per heavy atom. The molecule has 0 spiro atoms. The summed E-state index contributed by atoms with van der Waals surface area (Å²) in [6, 6.07) is 22.4. The number of carbonyl (C=O) groups excluding carboxylic acids is 1. The first-order valence-corrected chi connectivity index (χ1v) is 13.5. The molecule has 1 aliphatic rings. The quantitative estimate of drug-likeness (QED) is 0.371. The molecule has 1 amide bonds. The number of halogens is 2. The van der Waals surface area contributed by atoms with Crippen molar-refractivity contribution in [3.8, 4) is 6.07 Å². The van der Waals surface area contributed by atoms with Gasteiger partial charge >= 0.3 is 0 Å². The van der Waals surface area contributed by atoms with Crippen LogP contribution in [-0.4, -0.2) is 48.6 Å². The molecule has 0 saturated carbocycles. The van der Waals surface area contributed by atoms with E-state index < -0.39 is 5.60 Å². The maximum absolute atomic E-state index is 12.3. The van der Waals surface area contributed by atoms with Gasteiger partial charge in [0, 0.05) is 43.3 Å². The van der Waals surface area contributed by atoms with Crippen molar-refractivity contribution in [1.82, 2.24) is 10.2 Å². The van der Waals surface area contributed by atoms with Gasteiger partial charge in [-0.1, -0.05) is 54.4 Å². The molecule has 0 radical (unpaired) electrons. The Hall–Kier alpha value is -3.08. The molecule has 1 unspecified atom stereocenters. The van der Waals surface area contributed by atoms with E-state index in [9.17, 15) is 15.2 Å². The number of carbonyl (C=O) groups is 1. The minimum atomic E-state index is -1.11. The average molecular weight is 552 g/mol. The highest BCUT2D eigenvalue weighted by molar-refractivity contribution is 6.33. The van der Waals surface area contributed by atoms with Crippen molar-refractivity contribution >= 4 is 34.8 Å². The fraction of sp³-hybridized carbons (Fsp3) is 0.333. The Morgan fingerprint density at radius 2 is 1.82 bits per heavy atom. The molecule has 1 fully saturated rings. The van der Waals surface area contributed by atoms with Crippen molar-refractivity contribution in [2.45, 2.75) is 31.9 Å². The summed E-state index contributed by atoms with van der Waals surface area (Å²) < 4.78 is 0. The maximum atomic E-state index is 12.3. The van der Waals surface area contributed by atoms with Crippen molar-refractivity contribution in [3.63, 3.8) is 0 Å². The zero-order valence-corrected chi connectivity index (χ0v) is 23.1. The van der Waals surface area contributed by atoms with Crippen LogP contribution in [0, 0.1) is 11.3 Å². The second kappa shape index (κ2) is 12.2. The van der Waals surface area contributed by atoms with Gasteiger partial charge in [0.05, 0.1) is 34.0 Å². The molecule has 1 saturated heterocycles. The fourth-order valence-electron chi connectivity index (χ4n) is 4.90. The van der Waals surface area contributed by atoms with Crippen molar-refractivity contribution < 1.29 is 9.90 Å². The number of piperazine rings is 1. The van der Waals surface area contributed by atoms with Gasteiger partial charge in [0.15, 0.2) is 0 Å². The molecule has 0 aromatic heterocycles. The summed E-state index contributed by atoms with van der Waals surface area (Å²) in [5.41, 5.74) is 2.69. The van der Waals surface area contributed by atoms with Crippen molar-refractivity contribution in [1.29, 1.82) is 5.26 Å². The van der Waals surface area contributed by atoms with Crippen LogP contribution < -0.4 is 10.2 Å². The first kappa shape index (κ1) is 27.9. The number of benzene rings is 3. The number of aliphatic hydroxyl groups is 1. The van der Waals surface area contributed by atoms with Gasteiger partial charge in [0.1, 0.15) is 0 Å². The molecule has 0 aliphatic carbocycles. The Balaban J connectivity index is 1.54. The summed E-state index contributed by atoms with van der Waals surface area (Å²) >= 11 is 12.8. The summed E-state index contributed by atoms with van der Waals surface area (Å²) in [7, 11) is 0. The van der Waals surface area contributed by atoms with Crippen LogP contribution in [-0.2, 0) is 5.60 Å². The van der Waals surface area contributed by atoms with E-state index in [1.54, 1.807) is 31.2 Å². The number of β-amino-alcohol motifs (C(OH)–C–C–N with tert-alkyl or cyclic N) is 1. The highest BCUT2D eigenvalue weighted by Gasteiger charge is 2.34. The highest BCUT2D eigenvalue weighted by atomic mass is 35.5. The number of nitriles is 1. The number of rotatable bonds is 8. The van der Waals surface area contributed by atoms with Crippen molar-refractivity contribution in [2.24, 2.45) is 0 Å². The van der Waals surface area contributed by atoms with Crippen molar-refractivity contribution in [2.75, 3.05) is 37.6 Å². The number of amides is 1. The largest absolute Gasteiger partial charge is 0.384 e. The third-order valence-corrected chi connectivity index (χ3v) is 7.50. The Morgan fingerprint density at radius 1 is 1.11 bits per heavy atom. The van der Waals surface area contributed by atoms with E-state index in [-0.39, 0.29) is 11.9 Å². The van der Waals surface area contributed by atoms with Gasteiger partial charge in [-0.05, 0) is 66.9 Å². The van der Waals surface area contributed by atoms with Gasteiger partial charge in [-0.15, -0.1) is 0 Å². The standard InChI is InChI=1S/C30H32Cl2N4O2/c1-3-14-34-29(37)23-5-9-24(10-6-23)30(2,38)20-35-15-16-36(27-13-4-21(18-33)17-26(27)32)28(19-35)22-7-11-25(31)12-8-22/h4-13,17,28,38H,3,14-16,19-20H2,1-2H3,(H,34,37)/t28?,30-/m1/s1. The number of nitrogens with zero attached hydrogens (tertiary/aromatic N) is 3. The molecule has 0 bridgehead atoms. The van der Waals surface area contributed by atoms with E-state index in [4.69, 9.17) is 23.2 Å². The van der Waals surface area contributed by atoms with Gasteiger partial charge in [0.2, 0.25) is 0 Å². The van der Waals surface area contributed by atoms with Gasteiger partial charge in [-0.25, -0.2) is 0 Å². The normalized spacial score (nSPS) is 17.5. The van der Waals surface area contributed by atoms with Gasteiger partial charge in [0.25, 0.3) is 5.91 Å². The smallest absolute Gasteiger partial charge is 0.251 e. The van der Waals surface area contributed by atoms with Gasteiger partial charge in [-0.3, -0.25) is 9.69 Å². The summed E-state index contributed by atoms with van der Waals surface area (Å²) in [5, 5.41) is 24.8. The van der Waals surface area contributed by atoms with Crippen LogP contribution in [0.4, 0.5) is 5.69 Å². The van der Waals surface area contributed by atoms with Crippen LogP contribution in [0.2, 0.25) is 10.0 Å². The number of anilines is 1. The van der Waals surface area contributed by atoms with E-state index >= 15 is 0 Å². The molecule has 38 heavy (non-hydrogen) atoms. The summed E-state index contributed by atoms with van der Waals surface area (Å²) in [4.78, 5) is 16.8. The van der Waals surface area contributed by atoms with Crippen LogP contribution in [0.5, 0.6) is 0 Å². The van der Waals surface area contributed by atoms with Crippen molar-refractivity contribution in [3.05, 3.63) is 99.0 Å². The second-order valence-corrected chi connectivity index (χ2v) is 10.7. The third-order valence-electron chi connectivity index (χ3n) is 6.94. The number of hydrogen-bond donors (Lipinski definition) is 2. The van der Waals surface area contributed by atoms with E-state index in [0.717, 1.165) is 23.2 Å². The van der Waals surface area contributed by atoms with E-state index in [1.165, 1.54) is 0 Å². The number of nitrogens with one attached hydrogen (secondary N) is 1. The highest BCUT2D eigenvalue weighted by Crippen LogP contribution is 2.37. The topological polar surface area (TPSA) is 79.6 Å². The molecular weight excluding hydrogens is 519 g/mol. The Kier molecular flexibility index (Phi) is 8.96. The lowest BCUT2D eigenvalue weighted by Crippen LogP contribution is -2.52. The van der Waals surface area contributed by atoms with E-state index in [2.05, 4.69) is 21.2 Å². The summed E-state index contributed by atoms with van der Waals surface area (Å²) in [6.45, 7) is 6.93. The molecule has 6 nitrogen and oxygen atoms in total. The van der Waals surface area contributed by atoms with Crippen LogP contribution in [0.1, 0.15) is 53.4 Å². The monoisotopic (exact) mass is 550 g/mol. The lowest BCUT2D eigenvalue weighted by molar-refractivity contribution is 0.0103. The van der Waals surface area contributed by atoms with Crippen LogP contribution in [0.25, 0.3) is 0 Å². The molecule has 4 rings (SSSR count). The Labute approximate surface area is 234 Å². The molecule has 1 aliphatic heterocycles. The SMILES string of the molecule is CCCNC(=O)c1ccc([C@](C)(O)CN2CCN(c3ccc(C#N)cc3Cl)C(c3ccc(Cl)cc3)C2)cc1. The molecule has 198 valence electrons.